The Kier molecular flexibility index (Phi) is 8.02. The summed E-state index contributed by atoms with van der Waals surface area (Å²) in [6.07, 6.45) is 2.76. The molecule has 6 nitrogen and oxygen atoms in total. The van der Waals surface area contributed by atoms with E-state index in [0.29, 0.717) is 5.92 Å². The van der Waals surface area contributed by atoms with Crippen LogP contribution in [0.3, 0.4) is 0 Å². The van der Waals surface area contributed by atoms with Gasteiger partial charge in [0.25, 0.3) is 0 Å². The number of aromatic nitrogens is 3. The fraction of sp³-hybridized carbons (Fsp3) is 0.350. The SMILES string of the molecule is CN=C(NCCc1nnc2ccccn12)NCC(C)c1cccc(C)c1.I. The van der Waals surface area contributed by atoms with Crippen LogP contribution in [0.5, 0.6) is 0 Å². The Morgan fingerprint density at radius 3 is 2.78 bits per heavy atom. The molecule has 3 aromatic rings. The van der Waals surface area contributed by atoms with Crippen molar-refractivity contribution in [2.75, 3.05) is 20.1 Å². The maximum atomic E-state index is 4.30. The fourth-order valence-corrected chi connectivity index (χ4v) is 2.92. The molecule has 2 heterocycles. The van der Waals surface area contributed by atoms with Crippen LogP contribution in [0.2, 0.25) is 0 Å². The number of nitrogens with zero attached hydrogens (tertiary/aromatic N) is 4. The first-order valence-corrected chi connectivity index (χ1v) is 8.97. The highest BCUT2D eigenvalue weighted by Crippen LogP contribution is 2.15. The fourth-order valence-electron chi connectivity index (χ4n) is 2.92. The van der Waals surface area contributed by atoms with E-state index in [0.717, 1.165) is 36.9 Å². The Balaban J connectivity index is 0.00000261. The minimum absolute atomic E-state index is 0. The molecule has 0 saturated heterocycles. The predicted octanol–water partition coefficient (Wildman–Crippen LogP) is 3.17. The van der Waals surface area contributed by atoms with E-state index < -0.39 is 0 Å². The summed E-state index contributed by atoms with van der Waals surface area (Å²) < 4.78 is 2.01. The van der Waals surface area contributed by atoms with Crippen molar-refractivity contribution in [1.82, 2.24) is 25.2 Å². The van der Waals surface area contributed by atoms with Crippen LogP contribution >= 0.6 is 24.0 Å². The number of nitrogens with one attached hydrogen (secondary N) is 2. The van der Waals surface area contributed by atoms with Gasteiger partial charge in [-0.1, -0.05) is 42.8 Å². The van der Waals surface area contributed by atoms with Gasteiger partial charge in [0.1, 0.15) is 5.82 Å². The summed E-state index contributed by atoms with van der Waals surface area (Å²) >= 11 is 0. The Labute approximate surface area is 177 Å². The van der Waals surface area contributed by atoms with Crippen molar-refractivity contribution in [2.45, 2.75) is 26.2 Å². The molecule has 0 spiro atoms. The summed E-state index contributed by atoms with van der Waals surface area (Å²) in [4.78, 5) is 4.30. The summed E-state index contributed by atoms with van der Waals surface area (Å²) in [5.41, 5.74) is 3.50. The molecule has 7 heteroatoms. The molecule has 0 fully saturated rings. The van der Waals surface area contributed by atoms with Crippen molar-refractivity contribution >= 4 is 35.6 Å². The predicted molar refractivity (Wildman–Crippen MR) is 121 cm³/mol. The van der Waals surface area contributed by atoms with Crippen molar-refractivity contribution in [2.24, 2.45) is 4.99 Å². The number of guanidine groups is 1. The highest BCUT2D eigenvalue weighted by Gasteiger charge is 2.08. The van der Waals surface area contributed by atoms with Gasteiger partial charge in [-0.05, 0) is 30.5 Å². The van der Waals surface area contributed by atoms with Crippen molar-refractivity contribution in [3.05, 3.63) is 65.6 Å². The number of aryl methyl sites for hydroxylation is 1. The van der Waals surface area contributed by atoms with Crippen LogP contribution in [0.25, 0.3) is 5.65 Å². The van der Waals surface area contributed by atoms with Crippen LogP contribution in [-0.2, 0) is 6.42 Å². The normalized spacial score (nSPS) is 12.5. The molecule has 0 bridgehead atoms. The van der Waals surface area contributed by atoms with Gasteiger partial charge in [-0.3, -0.25) is 9.39 Å². The molecular formula is C20H27IN6. The Hall–Kier alpha value is -2.16. The number of aliphatic imine (C=N–C) groups is 1. The second-order valence-electron chi connectivity index (χ2n) is 6.49. The van der Waals surface area contributed by atoms with Crippen LogP contribution in [0.1, 0.15) is 29.8 Å². The van der Waals surface area contributed by atoms with Gasteiger partial charge in [-0.15, -0.1) is 34.2 Å². The standard InChI is InChI=1S/C20H26N6.HI/c1-15-7-6-8-17(13-15)16(2)14-23-20(21-3)22-11-10-19-25-24-18-9-4-5-12-26(18)19;/h4-9,12-13,16H,10-11,14H2,1-3H3,(H2,21,22,23);1H. The number of hydrogen-bond acceptors (Lipinski definition) is 3. The smallest absolute Gasteiger partial charge is 0.191 e. The van der Waals surface area contributed by atoms with E-state index in [-0.39, 0.29) is 24.0 Å². The monoisotopic (exact) mass is 478 g/mol. The molecule has 1 aromatic carbocycles. The minimum Gasteiger partial charge on any atom is -0.356 e. The number of benzene rings is 1. The van der Waals surface area contributed by atoms with Crippen molar-refractivity contribution in [3.8, 4) is 0 Å². The Morgan fingerprint density at radius 1 is 1.15 bits per heavy atom. The Morgan fingerprint density at radius 2 is 2.00 bits per heavy atom. The van der Waals surface area contributed by atoms with Crippen LogP contribution in [-0.4, -0.2) is 40.7 Å². The molecule has 2 aromatic heterocycles. The molecule has 0 aliphatic heterocycles. The maximum absolute atomic E-state index is 4.30. The lowest BCUT2D eigenvalue weighted by molar-refractivity contribution is 0.693. The van der Waals surface area contributed by atoms with E-state index >= 15 is 0 Å². The third kappa shape index (κ3) is 5.66. The van der Waals surface area contributed by atoms with E-state index in [2.05, 4.69) is 63.9 Å². The molecule has 0 aliphatic carbocycles. The van der Waals surface area contributed by atoms with E-state index in [1.54, 1.807) is 7.05 Å². The molecule has 2 N–H and O–H groups in total. The lowest BCUT2D eigenvalue weighted by atomic mass is 9.99. The molecule has 144 valence electrons. The van der Waals surface area contributed by atoms with E-state index in [1.807, 2.05) is 28.8 Å². The second kappa shape index (κ2) is 10.2. The van der Waals surface area contributed by atoms with Crippen molar-refractivity contribution in [3.63, 3.8) is 0 Å². The zero-order chi connectivity index (χ0) is 18.4. The van der Waals surface area contributed by atoms with Crippen LogP contribution in [0.4, 0.5) is 0 Å². The molecule has 0 aliphatic rings. The van der Waals surface area contributed by atoms with Crippen LogP contribution in [0, 0.1) is 6.92 Å². The maximum Gasteiger partial charge on any atom is 0.191 e. The first kappa shape index (κ1) is 21.1. The molecule has 1 unspecified atom stereocenters. The third-order valence-corrected chi connectivity index (χ3v) is 4.44. The van der Waals surface area contributed by atoms with Gasteiger partial charge >= 0.3 is 0 Å². The van der Waals surface area contributed by atoms with E-state index in [9.17, 15) is 0 Å². The molecule has 1 atom stereocenters. The summed E-state index contributed by atoms with van der Waals surface area (Å²) in [6.45, 7) is 5.92. The molecule has 3 rings (SSSR count). The molecule has 0 saturated carbocycles. The van der Waals surface area contributed by atoms with Gasteiger partial charge in [0.15, 0.2) is 11.6 Å². The lowest BCUT2D eigenvalue weighted by Gasteiger charge is -2.16. The molecule has 0 radical (unpaired) electrons. The van der Waals surface area contributed by atoms with Gasteiger partial charge in [0.2, 0.25) is 0 Å². The zero-order valence-electron chi connectivity index (χ0n) is 16.0. The average Bonchev–Trinajstić information content (AvgIpc) is 3.07. The third-order valence-electron chi connectivity index (χ3n) is 4.44. The average molecular weight is 478 g/mol. The van der Waals surface area contributed by atoms with E-state index in [4.69, 9.17) is 0 Å². The lowest BCUT2D eigenvalue weighted by Crippen LogP contribution is -2.40. The first-order chi connectivity index (χ1) is 12.7. The number of halogens is 1. The topological polar surface area (TPSA) is 66.6 Å². The van der Waals surface area contributed by atoms with Crippen molar-refractivity contribution < 1.29 is 0 Å². The summed E-state index contributed by atoms with van der Waals surface area (Å²) in [6, 6.07) is 14.5. The molecular weight excluding hydrogens is 451 g/mol. The summed E-state index contributed by atoms with van der Waals surface area (Å²) in [5.74, 6) is 2.16. The molecule has 27 heavy (non-hydrogen) atoms. The highest BCUT2D eigenvalue weighted by molar-refractivity contribution is 14.0. The quantitative estimate of drug-likeness (QED) is 0.325. The van der Waals surface area contributed by atoms with Gasteiger partial charge in [-0.25, -0.2) is 0 Å². The zero-order valence-corrected chi connectivity index (χ0v) is 18.3. The largest absolute Gasteiger partial charge is 0.356 e. The first-order valence-electron chi connectivity index (χ1n) is 8.97. The minimum atomic E-state index is 0. The summed E-state index contributed by atoms with van der Waals surface area (Å²) in [7, 11) is 1.79. The van der Waals surface area contributed by atoms with Gasteiger partial charge in [0, 0.05) is 32.8 Å². The van der Waals surface area contributed by atoms with Gasteiger partial charge in [-0.2, -0.15) is 0 Å². The Bertz CT molecular complexity index is 889. The van der Waals surface area contributed by atoms with Crippen LogP contribution < -0.4 is 10.6 Å². The van der Waals surface area contributed by atoms with Crippen LogP contribution in [0.15, 0.2) is 53.7 Å². The second-order valence-corrected chi connectivity index (χ2v) is 6.49. The van der Waals surface area contributed by atoms with Gasteiger partial charge < -0.3 is 10.6 Å². The number of rotatable bonds is 6. The highest BCUT2D eigenvalue weighted by atomic mass is 127. The molecule has 0 amide bonds. The van der Waals surface area contributed by atoms with E-state index in [1.165, 1.54) is 11.1 Å². The number of pyridine rings is 1. The number of fused-ring (bicyclic) bond motifs is 1. The van der Waals surface area contributed by atoms with Crippen molar-refractivity contribution in [1.29, 1.82) is 0 Å². The number of hydrogen-bond donors (Lipinski definition) is 2. The summed E-state index contributed by atoms with van der Waals surface area (Å²) in [5, 5.41) is 15.2. The van der Waals surface area contributed by atoms with Gasteiger partial charge in [0.05, 0.1) is 0 Å².